The smallest absolute Gasteiger partial charge is 0.282 e. The van der Waals surface area contributed by atoms with Gasteiger partial charge in [-0.2, -0.15) is 0 Å². The molecule has 1 aromatic heterocycles. The van der Waals surface area contributed by atoms with E-state index in [-0.39, 0.29) is 10.8 Å². The number of amides is 1. The van der Waals surface area contributed by atoms with Crippen molar-refractivity contribution in [2.24, 2.45) is 0 Å². The predicted molar refractivity (Wildman–Crippen MR) is 81.8 cm³/mol. The Kier molecular flexibility index (Phi) is 4.43. The van der Waals surface area contributed by atoms with Crippen LogP contribution >= 0.6 is 11.6 Å². The summed E-state index contributed by atoms with van der Waals surface area (Å²) in [6, 6.07) is 9.51. The summed E-state index contributed by atoms with van der Waals surface area (Å²) in [5.74, 6) is -0.455. The van der Waals surface area contributed by atoms with Crippen LogP contribution in [0, 0.1) is 6.92 Å². The van der Waals surface area contributed by atoms with Crippen LogP contribution in [0.25, 0.3) is 0 Å². The van der Waals surface area contributed by atoms with Crippen molar-refractivity contribution in [3.05, 3.63) is 62.8 Å². The van der Waals surface area contributed by atoms with Gasteiger partial charge in [0.25, 0.3) is 11.5 Å². The second-order valence-corrected chi connectivity index (χ2v) is 5.27. The second kappa shape index (κ2) is 6.10. The zero-order valence-electron chi connectivity index (χ0n) is 12.1. The Labute approximate surface area is 127 Å². The van der Waals surface area contributed by atoms with Crippen LogP contribution in [-0.2, 0) is 6.54 Å². The van der Waals surface area contributed by atoms with Gasteiger partial charge in [-0.15, -0.1) is 0 Å². The monoisotopic (exact) mass is 305 g/mol. The molecule has 0 fully saturated rings. The molecule has 2 rings (SSSR count). The molecule has 21 heavy (non-hydrogen) atoms. The lowest BCUT2D eigenvalue weighted by Crippen LogP contribution is -2.35. The molecule has 0 spiro atoms. The number of aromatic nitrogens is 2. The zero-order valence-corrected chi connectivity index (χ0v) is 12.9. The second-order valence-electron chi connectivity index (χ2n) is 4.91. The van der Waals surface area contributed by atoms with E-state index >= 15 is 0 Å². The van der Waals surface area contributed by atoms with Crippen LogP contribution < -0.4 is 5.56 Å². The summed E-state index contributed by atoms with van der Waals surface area (Å²) in [4.78, 5) is 29.8. The number of nitrogens with zero attached hydrogens (tertiary/aromatic N) is 3. The van der Waals surface area contributed by atoms with Crippen molar-refractivity contribution in [1.29, 1.82) is 0 Å². The average molecular weight is 306 g/mol. The highest BCUT2D eigenvalue weighted by molar-refractivity contribution is 6.30. The maximum Gasteiger partial charge on any atom is 0.282 e. The van der Waals surface area contributed by atoms with Crippen molar-refractivity contribution >= 4 is 17.5 Å². The van der Waals surface area contributed by atoms with Crippen LogP contribution in [0.5, 0.6) is 0 Å². The fraction of sp³-hybridized carbons (Fsp3) is 0.267. The van der Waals surface area contributed by atoms with E-state index in [1.807, 2.05) is 30.3 Å². The third-order valence-corrected chi connectivity index (χ3v) is 3.51. The van der Waals surface area contributed by atoms with Gasteiger partial charge in [0.1, 0.15) is 5.15 Å². The molecule has 1 aromatic carbocycles. The SMILES string of the molecule is Cc1c(Cl)nc(C(=O)N(C)C)c(=O)n1Cc1ccccc1. The first-order valence-electron chi connectivity index (χ1n) is 6.44. The number of benzene rings is 1. The van der Waals surface area contributed by atoms with Crippen LogP contribution in [0.15, 0.2) is 35.1 Å². The van der Waals surface area contributed by atoms with Crippen molar-refractivity contribution in [2.75, 3.05) is 14.1 Å². The first kappa shape index (κ1) is 15.3. The molecule has 0 atom stereocenters. The molecule has 0 unspecified atom stereocenters. The topological polar surface area (TPSA) is 55.2 Å². The maximum absolute atomic E-state index is 12.5. The highest BCUT2D eigenvalue weighted by Crippen LogP contribution is 2.12. The number of carbonyl (C=O) groups excluding carboxylic acids is 1. The Balaban J connectivity index is 2.55. The van der Waals surface area contributed by atoms with Gasteiger partial charge in [-0.1, -0.05) is 41.9 Å². The molecule has 110 valence electrons. The number of hydrogen-bond acceptors (Lipinski definition) is 3. The Morgan fingerprint density at radius 1 is 1.29 bits per heavy atom. The van der Waals surface area contributed by atoms with E-state index in [2.05, 4.69) is 4.98 Å². The molecular weight excluding hydrogens is 290 g/mol. The molecule has 0 aliphatic rings. The predicted octanol–water partition coefficient (Wildman–Crippen LogP) is 1.96. The highest BCUT2D eigenvalue weighted by atomic mass is 35.5. The summed E-state index contributed by atoms with van der Waals surface area (Å²) in [6.07, 6.45) is 0. The summed E-state index contributed by atoms with van der Waals surface area (Å²) in [6.45, 7) is 2.06. The highest BCUT2D eigenvalue weighted by Gasteiger charge is 2.20. The molecular formula is C15H16ClN3O2. The molecule has 0 radical (unpaired) electrons. The fourth-order valence-corrected chi connectivity index (χ4v) is 2.11. The van der Waals surface area contributed by atoms with Crippen molar-refractivity contribution in [1.82, 2.24) is 14.5 Å². The average Bonchev–Trinajstić information content (AvgIpc) is 2.47. The molecule has 6 heteroatoms. The van der Waals surface area contributed by atoms with Gasteiger partial charge in [0.2, 0.25) is 0 Å². The van der Waals surface area contributed by atoms with E-state index in [4.69, 9.17) is 11.6 Å². The number of hydrogen-bond donors (Lipinski definition) is 0. The van der Waals surface area contributed by atoms with Crippen LogP contribution in [0.3, 0.4) is 0 Å². The van der Waals surface area contributed by atoms with Gasteiger partial charge in [0, 0.05) is 14.1 Å². The molecule has 0 aliphatic carbocycles. The van der Waals surface area contributed by atoms with Crippen molar-refractivity contribution in [2.45, 2.75) is 13.5 Å². The van der Waals surface area contributed by atoms with Gasteiger partial charge >= 0.3 is 0 Å². The lowest BCUT2D eigenvalue weighted by molar-refractivity contribution is 0.0819. The Morgan fingerprint density at radius 3 is 2.48 bits per heavy atom. The fourth-order valence-electron chi connectivity index (χ4n) is 1.93. The quantitative estimate of drug-likeness (QED) is 0.871. The lowest BCUT2D eigenvalue weighted by atomic mass is 10.2. The molecule has 0 N–H and O–H groups in total. The first-order chi connectivity index (χ1) is 9.91. The number of carbonyl (C=O) groups is 1. The molecule has 0 saturated heterocycles. The number of rotatable bonds is 3. The van der Waals surface area contributed by atoms with Gasteiger partial charge in [0.05, 0.1) is 12.2 Å². The third-order valence-electron chi connectivity index (χ3n) is 3.15. The number of halogens is 1. The molecule has 5 nitrogen and oxygen atoms in total. The van der Waals surface area contributed by atoms with E-state index in [1.165, 1.54) is 9.47 Å². The minimum Gasteiger partial charge on any atom is -0.343 e. The van der Waals surface area contributed by atoms with E-state index in [1.54, 1.807) is 21.0 Å². The van der Waals surface area contributed by atoms with E-state index in [0.717, 1.165) is 5.56 Å². The van der Waals surface area contributed by atoms with Crippen molar-refractivity contribution in [3.63, 3.8) is 0 Å². The Morgan fingerprint density at radius 2 is 1.90 bits per heavy atom. The lowest BCUT2D eigenvalue weighted by Gasteiger charge is -2.15. The zero-order chi connectivity index (χ0) is 15.6. The summed E-state index contributed by atoms with van der Waals surface area (Å²) >= 11 is 6.06. The van der Waals surface area contributed by atoms with Gasteiger partial charge in [-0.25, -0.2) is 4.98 Å². The molecule has 0 aliphatic heterocycles. The van der Waals surface area contributed by atoms with E-state index in [0.29, 0.717) is 12.2 Å². The standard InChI is InChI=1S/C15H16ClN3O2/c1-10-13(16)17-12(14(20)18(2)3)15(21)19(10)9-11-7-5-4-6-8-11/h4-8H,9H2,1-3H3. The van der Waals surface area contributed by atoms with Gasteiger partial charge in [-0.05, 0) is 12.5 Å². The normalized spacial score (nSPS) is 10.5. The third kappa shape index (κ3) is 3.13. The van der Waals surface area contributed by atoms with Gasteiger partial charge < -0.3 is 9.47 Å². The van der Waals surface area contributed by atoms with Crippen LogP contribution in [-0.4, -0.2) is 34.5 Å². The summed E-state index contributed by atoms with van der Waals surface area (Å²) in [7, 11) is 3.14. The minimum atomic E-state index is -0.455. The molecule has 0 bridgehead atoms. The molecule has 1 amide bonds. The molecule has 1 heterocycles. The summed E-state index contributed by atoms with van der Waals surface area (Å²) < 4.78 is 1.47. The van der Waals surface area contributed by atoms with Crippen LogP contribution in [0.1, 0.15) is 21.7 Å². The van der Waals surface area contributed by atoms with Crippen molar-refractivity contribution in [3.8, 4) is 0 Å². The van der Waals surface area contributed by atoms with Crippen LogP contribution in [0.4, 0.5) is 0 Å². The van der Waals surface area contributed by atoms with Crippen molar-refractivity contribution < 1.29 is 4.79 Å². The molecule has 2 aromatic rings. The van der Waals surface area contributed by atoms with Crippen LogP contribution in [0.2, 0.25) is 5.15 Å². The molecule has 0 saturated carbocycles. The maximum atomic E-state index is 12.5. The summed E-state index contributed by atoms with van der Waals surface area (Å²) in [5, 5.41) is 0.163. The van der Waals surface area contributed by atoms with E-state index < -0.39 is 11.5 Å². The van der Waals surface area contributed by atoms with Gasteiger partial charge in [0.15, 0.2) is 5.69 Å². The van der Waals surface area contributed by atoms with E-state index in [9.17, 15) is 9.59 Å². The minimum absolute atomic E-state index is 0.161. The largest absolute Gasteiger partial charge is 0.343 e. The van der Waals surface area contributed by atoms with Gasteiger partial charge in [-0.3, -0.25) is 9.59 Å². The summed E-state index contributed by atoms with van der Waals surface area (Å²) in [5.41, 5.74) is 0.903. The first-order valence-corrected chi connectivity index (χ1v) is 6.82. The Bertz CT molecular complexity index is 724. The Hall–Kier alpha value is -2.14.